The Morgan fingerprint density at radius 1 is 0.500 bits per heavy atom. The lowest BCUT2D eigenvalue weighted by Gasteiger charge is -2.19. The molecule has 0 aromatic heterocycles. The molecular formula is C30H58. The molecule has 0 rings (SSSR count). The Hall–Kier alpha value is -0.260. The smallest absolute Gasteiger partial charge is 0.0320 e. The van der Waals surface area contributed by atoms with Gasteiger partial charge in [0.15, 0.2) is 0 Å². The molecule has 0 amide bonds. The third-order valence-electron chi connectivity index (χ3n) is 6.74. The quantitative estimate of drug-likeness (QED) is 0.108. The van der Waals surface area contributed by atoms with Crippen molar-refractivity contribution in [2.24, 2.45) is 11.8 Å². The Labute approximate surface area is 193 Å². The largest absolute Gasteiger partial charge is 0.0885 e. The Bertz CT molecular complexity index is 327. The lowest BCUT2D eigenvalue weighted by Crippen LogP contribution is -2.07. The summed E-state index contributed by atoms with van der Waals surface area (Å²) in [4.78, 5) is 0. The highest BCUT2D eigenvalue weighted by molar-refractivity contribution is 4.85. The molecule has 0 aliphatic heterocycles. The summed E-state index contributed by atoms with van der Waals surface area (Å²) in [6.45, 7) is 12.7. The average molecular weight is 419 g/mol. The zero-order valence-electron chi connectivity index (χ0n) is 21.3. The fraction of sp³-hybridized carbons (Fsp3) is 0.867. The predicted octanol–water partition coefficient (Wildman–Crippen LogP) is 11.1. The SMILES string of the molecule is [CH2]CCCCCC=CCC(CCCCCCCCCCCCCCCC[CH2])C(C)C. The summed E-state index contributed by atoms with van der Waals surface area (Å²) in [6.07, 6.45) is 35.3. The van der Waals surface area contributed by atoms with E-state index in [1.807, 2.05) is 0 Å². The van der Waals surface area contributed by atoms with Gasteiger partial charge in [-0.25, -0.2) is 0 Å². The number of hydrogen-bond acceptors (Lipinski definition) is 0. The van der Waals surface area contributed by atoms with Crippen LogP contribution in [-0.4, -0.2) is 0 Å². The minimum absolute atomic E-state index is 0.824. The molecule has 0 heterocycles. The predicted molar refractivity (Wildman–Crippen MR) is 140 cm³/mol. The van der Waals surface area contributed by atoms with Crippen molar-refractivity contribution in [2.75, 3.05) is 0 Å². The summed E-state index contributed by atoms with van der Waals surface area (Å²) in [5.74, 6) is 1.71. The standard InChI is InChI=1S/C30H58/c1-5-7-9-11-13-14-15-16-17-18-19-20-22-24-26-28-30(29(3)4)27-25-23-21-12-10-8-6-2/h23,25,29-30H,1-2,5-22,24,26-28H2,3-4H3. The first-order chi connectivity index (χ1) is 14.7. The van der Waals surface area contributed by atoms with Crippen LogP contribution < -0.4 is 0 Å². The van der Waals surface area contributed by atoms with Gasteiger partial charge in [0.25, 0.3) is 0 Å². The van der Waals surface area contributed by atoms with Crippen LogP contribution in [0.1, 0.15) is 155 Å². The summed E-state index contributed by atoms with van der Waals surface area (Å²) in [6, 6.07) is 0. The highest BCUT2D eigenvalue weighted by Gasteiger charge is 2.11. The molecule has 1 atom stereocenters. The van der Waals surface area contributed by atoms with Gasteiger partial charge >= 0.3 is 0 Å². The zero-order valence-corrected chi connectivity index (χ0v) is 21.3. The number of allylic oxidation sites excluding steroid dienone is 2. The van der Waals surface area contributed by atoms with Gasteiger partial charge in [-0.1, -0.05) is 155 Å². The first kappa shape index (κ1) is 29.7. The molecule has 2 radical (unpaired) electrons. The highest BCUT2D eigenvalue weighted by Crippen LogP contribution is 2.23. The lowest BCUT2D eigenvalue weighted by molar-refractivity contribution is 0.347. The van der Waals surface area contributed by atoms with E-state index in [1.165, 1.54) is 128 Å². The fourth-order valence-electron chi connectivity index (χ4n) is 4.43. The molecule has 178 valence electrons. The van der Waals surface area contributed by atoms with Gasteiger partial charge in [-0.15, -0.1) is 0 Å². The highest BCUT2D eigenvalue weighted by atomic mass is 14.2. The number of hydrogen-bond donors (Lipinski definition) is 0. The van der Waals surface area contributed by atoms with E-state index in [0.717, 1.165) is 24.7 Å². The van der Waals surface area contributed by atoms with E-state index in [-0.39, 0.29) is 0 Å². The topological polar surface area (TPSA) is 0 Å². The maximum atomic E-state index is 3.92. The van der Waals surface area contributed by atoms with Crippen LogP contribution in [0.15, 0.2) is 12.2 Å². The van der Waals surface area contributed by atoms with Gasteiger partial charge < -0.3 is 0 Å². The minimum atomic E-state index is 0.824. The summed E-state index contributed by atoms with van der Waals surface area (Å²) in [5.41, 5.74) is 0. The summed E-state index contributed by atoms with van der Waals surface area (Å²) >= 11 is 0. The van der Waals surface area contributed by atoms with Gasteiger partial charge in [-0.2, -0.15) is 0 Å². The zero-order chi connectivity index (χ0) is 22.1. The number of rotatable bonds is 24. The van der Waals surface area contributed by atoms with Crippen molar-refractivity contribution < 1.29 is 0 Å². The first-order valence-corrected chi connectivity index (χ1v) is 14.0. The first-order valence-electron chi connectivity index (χ1n) is 14.0. The summed E-state index contributed by atoms with van der Waals surface area (Å²) < 4.78 is 0. The summed E-state index contributed by atoms with van der Waals surface area (Å²) in [5, 5.41) is 0. The van der Waals surface area contributed by atoms with Crippen LogP contribution in [0.2, 0.25) is 0 Å². The monoisotopic (exact) mass is 418 g/mol. The van der Waals surface area contributed by atoms with Crippen molar-refractivity contribution in [3.63, 3.8) is 0 Å². The van der Waals surface area contributed by atoms with Crippen molar-refractivity contribution in [3.05, 3.63) is 26.0 Å². The fourth-order valence-corrected chi connectivity index (χ4v) is 4.43. The molecule has 0 N–H and O–H groups in total. The third kappa shape index (κ3) is 22.4. The Morgan fingerprint density at radius 2 is 0.900 bits per heavy atom. The second-order valence-electron chi connectivity index (χ2n) is 10.0. The Morgan fingerprint density at radius 3 is 1.33 bits per heavy atom. The van der Waals surface area contributed by atoms with E-state index in [4.69, 9.17) is 0 Å². The van der Waals surface area contributed by atoms with Crippen LogP contribution in [0.25, 0.3) is 0 Å². The molecule has 0 saturated heterocycles. The maximum Gasteiger partial charge on any atom is -0.0320 e. The summed E-state index contributed by atoms with van der Waals surface area (Å²) in [7, 11) is 0. The molecule has 0 aromatic carbocycles. The van der Waals surface area contributed by atoms with Crippen LogP contribution in [0.5, 0.6) is 0 Å². The Kier molecular flexibility index (Phi) is 24.8. The molecule has 0 bridgehead atoms. The van der Waals surface area contributed by atoms with E-state index in [1.54, 1.807) is 0 Å². The molecule has 0 aromatic rings. The van der Waals surface area contributed by atoms with Gasteiger partial charge in [0.1, 0.15) is 0 Å². The van der Waals surface area contributed by atoms with Crippen molar-refractivity contribution in [2.45, 2.75) is 155 Å². The van der Waals surface area contributed by atoms with Crippen molar-refractivity contribution in [3.8, 4) is 0 Å². The van der Waals surface area contributed by atoms with E-state index in [9.17, 15) is 0 Å². The van der Waals surface area contributed by atoms with Gasteiger partial charge in [0, 0.05) is 0 Å². The second kappa shape index (κ2) is 25.0. The molecule has 0 aliphatic rings. The van der Waals surface area contributed by atoms with Crippen LogP contribution in [-0.2, 0) is 0 Å². The van der Waals surface area contributed by atoms with Gasteiger partial charge in [0.05, 0.1) is 0 Å². The van der Waals surface area contributed by atoms with Crippen LogP contribution >= 0.6 is 0 Å². The van der Waals surface area contributed by atoms with Gasteiger partial charge in [-0.05, 0) is 37.5 Å². The van der Waals surface area contributed by atoms with Crippen LogP contribution in [0.3, 0.4) is 0 Å². The van der Waals surface area contributed by atoms with Crippen molar-refractivity contribution >= 4 is 0 Å². The van der Waals surface area contributed by atoms with E-state index in [0.29, 0.717) is 0 Å². The second-order valence-corrected chi connectivity index (χ2v) is 10.0. The average Bonchev–Trinajstić information content (AvgIpc) is 2.74. The molecule has 0 spiro atoms. The molecule has 0 heteroatoms. The van der Waals surface area contributed by atoms with Crippen LogP contribution in [0.4, 0.5) is 0 Å². The van der Waals surface area contributed by atoms with Crippen LogP contribution in [0, 0.1) is 25.7 Å². The molecular weight excluding hydrogens is 360 g/mol. The van der Waals surface area contributed by atoms with Gasteiger partial charge in [-0.3, -0.25) is 0 Å². The molecule has 0 aliphatic carbocycles. The maximum absolute atomic E-state index is 3.92. The van der Waals surface area contributed by atoms with E-state index < -0.39 is 0 Å². The third-order valence-corrected chi connectivity index (χ3v) is 6.74. The van der Waals surface area contributed by atoms with Crippen molar-refractivity contribution in [1.29, 1.82) is 0 Å². The van der Waals surface area contributed by atoms with Gasteiger partial charge in [0.2, 0.25) is 0 Å². The van der Waals surface area contributed by atoms with Crippen molar-refractivity contribution in [1.82, 2.24) is 0 Å². The minimum Gasteiger partial charge on any atom is -0.0885 e. The normalized spacial score (nSPS) is 13.0. The molecule has 0 fully saturated rings. The Balaban J connectivity index is 3.43. The lowest BCUT2D eigenvalue weighted by atomic mass is 9.87. The molecule has 30 heavy (non-hydrogen) atoms. The molecule has 1 unspecified atom stereocenters. The van der Waals surface area contributed by atoms with E-state index >= 15 is 0 Å². The van der Waals surface area contributed by atoms with E-state index in [2.05, 4.69) is 39.8 Å². The molecule has 0 nitrogen and oxygen atoms in total. The number of unbranched alkanes of at least 4 members (excludes halogenated alkanes) is 18. The molecule has 0 saturated carbocycles.